The lowest BCUT2D eigenvalue weighted by Gasteiger charge is -2.28. The van der Waals surface area contributed by atoms with Gasteiger partial charge in [-0.25, -0.2) is 4.79 Å². The van der Waals surface area contributed by atoms with Gasteiger partial charge in [0.1, 0.15) is 29.8 Å². The average molecular weight is 446 g/mol. The molecule has 1 aromatic carbocycles. The average Bonchev–Trinajstić information content (AvgIpc) is 3.27. The van der Waals surface area contributed by atoms with Crippen LogP contribution in [0.5, 0.6) is 0 Å². The summed E-state index contributed by atoms with van der Waals surface area (Å²) in [6.45, 7) is 6.34. The number of nitriles is 1. The van der Waals surface area contributed by atoms with Crippen molar-refractivity contribution < 1.29 is 28.6 Å². The molecule has 33 heavy (non-hydrogen) atoms. The van der Waals surface area contributed by atoms with E-state index in [0.717, 1.165) is 4.90 Å². The summed E-state index contributed by atoms with van der Waals surface area (Å²) in [5.74, 6) is -1.09. The minimum atomic E-state index is -0.946. The number of benzene rings is 1. The van der Waals surface area contributed by atoms with Gasteiger partial charge < -0.3 is 14.3 Å². The highest BCUT2D eigenvalue weighted by atomic mass is 16.5. The molecule has 2 amide bonds. The van der Waals surface area contributed by atoms with E-state index in [0.29, 0.717) is 22.6 Å². The number of hydrogen-bond acceptors (Lipinski definition) is 7. The first kappa shape index (κ1) is 23.4. The maximum atomic E-state index is 12.9. The second-order valence-corrected chi connectivity index (χ2v) is 7.41. The molecule has 8 heteroatoms. The van der Waals surface area contributed by atoms with Crippen molar-refractivity contribution in [1.82, 2.24) is 4.90 Å². The number of ether oxygens (including phenoxy) is 1. The molecule has 3 rings (SSSR count). The van der Waals surface area contributed by atoms with Crippen LogP contribution in [0.25, 0.3) is 17.4 Å². The Morgan fingerprint density at radius 3 is 2.73 bits per heavy atom. The highest BCUT2D eigenvalue weighted by Gasteiger charge is 2.36. The summed E-state index contributed by atoms with van der Waals surface area (Å²) in [6.07, 6.45) is 1.98. The molecule has 0 saturated carbocycles. The zero-order chi connectivity index (χ0) is 24.1. The summed E-state index contributed by atoms with van der Waals surface area (Å²) in [7, 11) is 0. The van der Waals surface area contributed by atoms with Crippen LogP contribution in [0.1, 0.15) is 30.0 Å². The van der Waals surface area contributed by atoms with Crippen LogP contribution < -0.4 is 0 Å². The van der Waals surface area contributed by atoms with E-state index in [2.05, 4.69) is 6.58 Å². The quantitative estimate of drug-likeness (QED) is 0.300. The van der Waals surface area contributed by atoms with Crippen molar-refractivity contribution in [2.75, 3.05) is 13.2 Å². The maximum Gasteiger partial charge on any atom is 0.338 e. The summed E-state index contributed by atoms with van der Waals surface area (Å²) >= 11 is 0. The third kappa shape index (κ3) is 5.00. The van der Waals surface area contributed by atoms with E-state index >= 15 is 0 Å². The number of nitrogens with zero attached hydrogens (tertiary/aromatic N) is 2. The molecule has 1 unspecified atom stereocenters. The molecule has 1 aromatic heterocycles. The Bertz CT molecular complexity index is 1230. The van der Waals surface area contributed by atoms with Crippen LogP contribution >= 0.6 is 0 Å². The zero-order valence-corrected chi connectivity index (χ0v) is 18.2. The first-order valence-electron chi connectivity index (χ1n) is 10.1. The number of esters is 1. The first-order valence-corrected chi connectivity index (χ1v) is 10.1. The zero-order valence-electron chi connectivity index (χ0n) is 18.2. The van der Waals surface area contributed by atoms with Gasteiger partial charge in [-0.1, -0.05) is 24.8 Å². The second-order valence-electron chi connectivity index (χ2n) is 7.41. The normalized spacial score (nSPS) is 16.1. The lowest BCUT2D eigenvalue weighted by atomic mass is 9.94. The smallest absolute Gasteiger partial charge is 0.338 e. The molecule has 1 atom stereocenters. The van der Waals surface area contributed by atoms with Gasteiger partial charge in [0, 0.05) is 11.1 Å². The lowest BCUT2D eigenvalue weighted by molar-refractivity contribution is -0.141. The minimum absolute atomic E-state index is 0.0989. The molecule has 0 fully saturated rings. The number of rotatable bonds is 7. The Balaban J connectivity index is 1.95. The number of β-amino-alcohol motifs (C(OH)–C–C–N with tert-alkyl or cyclic N) is 1. The summed E-state index contributed by atoms with van der Waals surface area (Å²) in [6, 6.07) is 11.8. The molecule has 0 bridgehead atoms. The summed E-state index contributed by atoms with van der Waals surface area (Å²) in [5, 5.41) is 19.1. The van der Waals surface area contributed by atoms with Gasteiger partial charge in [-0.2, -0.15) is 5.26 Å². The molecule has 0 spiro atoms. The lowest BCUT2D eigenvalue weighted by Crippen LogP contribution is -2.45. The van der Waals surface area contributed by atoms with Crippen molar-refractivity contribution in [2.24, 2.45) is 0 Å². The van der Waals surface area contributed by atoms with Crippen LogP contribution in [-0.2, 0) is 14.3 Å². The van der Waals surface area contributed by atoms with E-state index in [1.165, 1.54) is 26.0 Å². The number of carbonyl (C=O) groups is 3. The van der Waals surface area contributed by atoms with Crippen molar-refractivity contribution in [3.05, 3.63) is 77.1 Å². The monoisotopic (exact) mass is 446 g/mol. The van der Waals surface area contributed by atoms with Gasteiger partial charge in [-0.3, -0.25) is 14.5 Å². The Kier molecular flexibility index (Phi) is 7.06. The number of carbonyl (C=O) groups excluding carboxylic acids is 3. The van der Waals surface area contributed by atoms with E-state index in [1.54, 1.807) is 36.4 Å². The number of furan rings is 1. The number of amides is 2. The van der Waals surface area contributed by atoms with Crippen molar-refractivity contribution in [3.63, 3.8) is 0 Å². The molecule has 2 heterocycles. The first-order chi connectivity index (χ1) is 15.8. The standard InChI is InChI=1S/C25H22N2O6/c1-4-10-32-25(31)18-7-5-6-17(11-18)22-9-8-19(33-22)12-20-16(3)21(13-26)24(30)27(23(20)29)14-15(2)28/h4-9,11-12,15,28H,1,10,14H2,2-3H3/b20-12+. The Morgan fingerprint density at radius 2 is 2.06 bits per heavy atom. The van der Waals surface area contributed by atoms with Crippen molar-refractivity contribution >= 4 is 23.9 Å². The Morgan fingerprint density at radius 1 is 1.30 bits per heavy atom. The van der Waals surface area contributed by atoms with E-state index in [-0.39, 0.29) is 29.9 Å². The molecule has 168 valence electrons. The fraction of sp³-hybridized carbons (Fsp3) is 0.200. The topological polar surface area (TPSA) is 121 Å². The molecular formula is C25H22N2O6. The van der Waals surface area contributed by atoms with Gasteiger partial charge in [0.05, 0.1) is 18.2 Å². The predicted octanol–water partition coefficient (Wildman–Crippen LogP) is 3.26. The number of hydrogen-bond donors (Lipinski definition) is 1. The SMILES string of the molecule is C=CCOC(=O)c1cccc(-c2ccc(/C=C3/C(=O)N(CC(C)O)C(=O)C(C#N)=C3C)o2)c1. The van der Waals surface area contributed by atoms with Gasteiger partial charge in [0.25, 0.3) is 11.8 Å². The summed E-state index contributed by atoms with van der Waals surface area (Å²) in [5.41, 5.74) is 1.16. The molecule has 0 aliphatic carbocycles. The molecule has 0 saturated heterocycles. The van der Waals surface area contributed by atoms with Gasteiger partial charge in [0.15, 0.2) is 0 Å². The summed E-state index contributed by atoms with van der Waals surface area (Å²) < 4.78 is 10.9. The van der Waals surface area contributed by atoms with Crippen molar-refractivity contribution in [2.45, 2.75) is 20.0 Å². The molecule has 8 nitrogen and oxygen atoms in total. The van der Waals surface area contributed by atoms with Crippen LogP contribution in [0, 0.1) is 11.3 Å². The minimum Gasteiger partial charge on any atom is -0.458 e. The van der Waals surface area contributed by atoms with Gasteiger partial charge >= 0.3 is 5.97 Å². The fourth-order valence-corrected chi connectivity index (χ4v) is 3.30. The molecule has 2 aromatic rings. The van der Waals surface area contributed by atoms with Gasteiger partial charge in [-0.15, -0.1) is 0 Å². The maximum absolute atomic E-state index is 12.9. The Labute approximate surface area is 190 Å². The summed E-state index contributed by atoms with van der Waals surface area (Å²) in [4.78, 5) is 38.3. The van der Waals surface area contributed by atoms with E-state index < -0.39 is 23.9 Å². The highest BCUT2D eigenvalue weighted by Crippen LogP contribution is 2.29. The van der Waals surface area contributed by atoms with Gasteiger partial charge in [-0.05, 0) is 49.8 Å². The molecule has 1 N–H and O–H groups in total. The number of aliphatic hydroxyl groups is 1. The van der Waals surface area contributed by atoms with Crippen LogP contribution in [0.15, 0.2) is 70.2 Å². The van der Waals surface area contributed by atoms with Gasteiger partial charge in [0.2, 0.25) is 0 Å². The largest absolute Gasteiger partial charge is 0.458 e. The molecule has 1 aliphatic rings. The van der Waals surface area contributed by atoms with E-state index in [4.69, 9.17) is 9.15 Å². The molecule has 0 radical (unpaired) electrons. The van der Waals surface area contributed by atoms with Crippen LogP contribution in [0.3, 0.4) is 0 Å². The number of imide groups is 1. The van der Waals surface area contributed by atoms with Crippen molar-refractivity contribution in [1.29, 1.82) is 5.26 Å². The van der Waals surface area contributed by atoms with Crippen molar-refractivity contribution in [3.8, 4) is 17.4 Å². The molecular weight excluding hydrogens is 424 g/mol. The third-order valence-corrected chi connectivity index (χ3v) is 4.90. The highest BCUT2D eigenvalue weighted by molar-refractivity contribution is 6.19. The van der Waals surface area contributed by atoms with E-state index in [9.17, 15) is 24.8 Å². The van der Waals surface area contributed by atoms with E-state index in [1.807, 2.05) is 6.07 Å². The fourth-order valence-electron chi connectivity index (χ4n) is 3.30. The third-order valence-electron chi connectivity index (χ3n) is 4.90. The Hall–Kier alpha value is -4.22. The van der Waals surface area contributed by atoms with Crippen LogP contribution in [-0.4, -0.2) is 47.0 Å². The number of aliphatic hydroxyl groups excluding tert-OH is 1. The molecule has 1 aliphatic heterocycles. The predicted molar refractivity (Wildman–Crippen MR) is 119 cm³/mol. The second kappa shape index (κ2) is 9.94. The van der Waals surface area contributed by atoms with Crippen LogP contribution in [0.4, 0.5) is 0 Å². The van der Waals surface area contributed by atoms with Crippen LogP contribution in [0.2, 0.25) is 0 Å².